The van der Waals surface area contributed by atoms with Gasteiger partial charge in [0, 0.05) is 5.69 Å². The number of para-hydroxylation sites is 1. The van der Waals surface area contributed by atoms with Gasteiger partial charge in [-0.05, 0) is 49.6 Å². The fourth-order valence-electron chi connectivity index (χ4n) is 3.02. The molecule has 0 aromatic heterocycles. The van der Waals surface area contributed by atoms with Crippen molar-refractivity contribution in [1.29, 1.82) is 0 Å². The molecule has 3 rings (SSSR count). The summed E-state index contributed by atoms with van der Waals surface area (Å²) in [7, 11) is 0. The number of anilines is 2. The maximum Gasteiger partial charge on any atom is 0.256 e. The quantitative estimate of drug-likeness (QED) is 0.878. The molecule has 2 aromatic rings. The smallest absolute Gasteiger partial charge is 0.256 e. The van der Waals surface area contributed by atoms with Gasteiger partial charge in [-0.15, -0.1) is 0 Å². The third kappa shape index (κ3) is 2.77. The number of benzene rings is 2. The maximum absolute atomic E-state index is 13.7. The van der Waals surface area contributed by atoms with Crippen molar-refractivity contribution in [3.63, 3.8) is 0 Å². The number of hydrogen-bond acceptors (Lipinski definition) is 3. The highest BCUT2D eigenvalue weighted by atomic mass is 19.1. The Hall–Kier alpha value is -2.69. The van der Waals surface area contributed by atoms with Crippen molar-refractivity contribution in [2.24, 2.45) is 0 Å². The van der Waals surface area contributed by atoms with Crippen LogP contribution in [0.15, 0.2) is 36.4 Å². The molecule has 0 aliphatic carbocycles. The summed E-state index contributed by atoms with van der Waals surface area (Å²) in [6.07, 6.45) is 0.0576. The number of carbonyl (C=O) groups is 2. The first-order valence-corrected chi connectivity index (χ1v) is 7.84. The third-order valence-corrected chi connectivity index (χ3v) is 4.32. The molecule has 2 aromatic carbocycles. The van der Waals surface area contributed by atoms with Crippen LogP contribution < -0.4 is 10.2 Å². The largest absolute Gasteiger partial charge is 0.373 e. The van der Waals surface area contributed by atoms with Gasteiger partial charge < -0.3 is 5.32 Å². The van der Waals surface area contributed by atoms with Crippen molar-refractivity contribution in [2.45, 2.75) is 33.2 Å². The molecular weight excluding hydrogens is 307 g/mol. The van der Waals surface area contributed by atoms with E-state index < -0.39 is 6.04 Å². The molecule has 0 spiro atoms. The van der Waals surface area contributed by atoms with E-state index in [0.717, 1.165) is 11.1 Å². The second-order valence-corrected chi connectivity index (χ2v) is 6.17. The van der Waals surface area contributed by atoms with Gasteiger partial charge in [-0.2, -0.15) is 0 Å². The number of nitrogens with zero attached hydrogens (tertiary/aromatic N) is 1. The van der Waals surface area contributed by atoms with Crippen LogP contribution in [0.2, 0.25) is 0 Å². The Morgan fingerprint density at radius 2 is 1.71 bits per heavy atom. The number of halogens is 1. The molecule has 1 saturated heterocycles. The van der Waals surface area contributed by atoms with E-state index in [4.69, 9.17) is 0 Å². The van der Waals surface area contributed by atoms with Crippen LogP contribution in [-0.2, 0) is 9.59 Å². The molecule has 1 N–H and O–H groups in total. The normalized spacial score (nSPS) is 17.5. The van der Waals surface area contributed by atoms with Crippen molar-refractivity contribution in [3.05, 3.63) is 58.9 Å². The highest BCUT2D eigenvalue weighted by Gasteiger charge is 2.40. The molecule has 1 heterocycles. The molecule has 5 heteroatoms. The van der Waals surface area contributed by atoms with E-state index >= 15 is 0 Å². The molecule has 1 aliphatic heterocycles. The Balaban J connectivity index is 1.88. The highest BCUT2D eigenvalue weighted by molar-refractivity contribution is 6.23. The Kier molecular flexibility index (Phi) is 4.09. The molecule has 2 amide bonds. The van der Waals surface area contributed by atoms with Crippen LogP contribution in [0.3, 0.4) is 0 Å². The van der Waals surface area contributed by atoms with Gasteiger partial charge in [0.2, 0.25) is 5.91 Å². The van der Waals surface area contributed by atoms with E-state index in [2.05, 4.69) is 5.32 Å². The van der Waals surface area contributed by atoms with Crippen molar-refractivity contribution < 1.29 is 14.0 Å². The summed E-state index contributed by atoms with van der Waals surface area (Å²) in [5.74, 6) is -0.899. The lowest BCUT2D eigenvalue weighted by atomic mass is 10.1. The monoisotopic (exact) mass is 326 g/mol. The van der Waals surface area contributed by atoms with E-state index in [0.29, 0.717) is 16.9 Å². The number of aryl methyl sites for hydroxylation is 3. The Morgan fingerprint density at radius 3 is 2.33 bits per heavy atom. The van der Waals surface area contributed by atoms with Crippen molar-refractivity contribution in [2.75, 3.05) is 10.2 Å². The number of hydrogen-bond donors (Lipinski definition) is 1. The average Bonchev–Trinajstić information content (AvgIpc) is 2.78. The minimum atomic E-state index is -0.682. The first-order valence-electron chi connectivity index (χ1n) is 7.84. The van der Waals surface area contributed by atoms with Crippen LogP contribution in [0.1, 0.15) is 23.1 Å². The molecule has 0 bridgehead atoms. The molecule has 124 valence electrons. The van der Waals surface area contributed by atoms with Crippen LogP contribution >= 0.6 is 0 Å². The summed E-state index contributed by atoms with van der Waals surface area (Å²) in [4.78, 5) is 26.4. The molecular formula is C19H19FN2O2. The Bertz CT molecular complexity index is 812. The molecule has 1 aliphatic rings. The summed E-state index contributed by atoms with van der Waals surface area (Å²) < 4.78 is 13.7. The van der Waals surface area contributed by atoms with Gasteiger partial charge in [0.1, 0.15) is 11.9 Å². The van der Waals surface area contributed by atoms with Crippen LogP contribution in [0.5, 0.6) is 0 Å². The summed E-state index contributed by atoms with van der Waals surface area (Å²) in [5.41, 5.74) is 3.42. The molecule has 4 nitrogen and oxygen atoms in total. The zero-order valence-electron chi connectivity index (χ0n) is 13.9. The number of nitrogens with one attached hydrogen (secondary N) is 1. The third-order valence-electron chi connectivity index (χ3n) is 4.32. The van der Waals surface area contributed by atoms with Crippen molar-refractivity contribution in [3.8, 4) is 0 Å². The standard InChI is InChI=1S/C19H19FN2O2/c1-11-7-8-14(9-15(11)20)21-16-10-17(23)22(19(16)24)18-12(2)5-4-6-13(18)3/h4-9,16,21H,10H2,1-3H3/t16-/m0/s1. The first kappa shape index (κ1) is 16.2. The lowest BCUT2D eigenvalue weighted by molar-refractivity contribution is -0.121. The summed E-state index contributed by atoms with van der Waals surface area (Å²) in [6.45, 7) is 5.42. The second-order valence-electron chi connectivity index (χ2n) is 6.17. The minimum Gasteiger partial charge on any atom is -0.373 e. The van der Waals surface area contributed by atoms with E-state index in [9.17, 15) is 14.0 Å². The SMILES string of the molecule is Cc1ccc(N[C@H]2CC(=O)N(c3c(C)cccc3C)C2=O)cc1F. The van der Waals surface area contributed by atoms with Gasteiger partial charge in [0.25, 0.3) is 5.91 Å². The minimum absolute atomic E-state index is 0.0576. The van der Waals surface area contributed by atoms with Gasteiger partial charge in [-0.3, -0.25) is 9.59 Å². The van der Waals surface area contributed by atoms with Crippen LogP contribution in [0.25, 0.3) is 0 Å². The highest BCUT2D eigenvalue weighted by Crippen LogP contribution is 2.30. The number of amides is 2. The molecule has 0 radical (unpaired) electrons. The summed E-state index contributed by atoms with van der Waals surface area (Å²) >= 11 is 0. The van der Waals surface area contributed by atoms with Crippen LogP contribution in [-0.4, -0.2) is 17.9 Å². The number of rotatable bonds is 3. The van der Waals surface area contributed by atoms with Crippen molar-refractivity contribution in [1.82, 2.24) is 0 Å². The molecule has 1 atom stereocenters. The second kappa shape index (κ2) is 6.07. The van der Waals surface area contributed by atoms with E-state index in [1.54, 1.807) is 19.1 Å². The fraction of sp³-hybridized carbons (Fsp3) is 0.263. The van der Waals surface area contributed by atoms with E-state index in [-0.39, 0.29) is 24.1 Å². The predicted octanol–water partition coefficient (Wildman–Crippen LogP) is 3.49. The Labute approximate surface area is 140 Å². The molecule has 0 unspecified atom stereocenters. The van der Waals surface area contributed by atoms with E-state index in [1.165, 1.54) is 11.0 Å². The summed E-state index contributed by atoms with van der Waals surface area (Å²) in [5, 5.41) is 2.98. The predicted molar refractivity (Wildman–Crippen MR) is 91.6 cm³/mol. The first-order chi connectivity index (χ1) is 11.4. The van der Waals surface area contributed by atoms with Crippen LogP contribution in [0, 0.1) is 26.6 Å². The maximum atomic E-state index is 13.7. The van der Waals surface area contributed by atoms with Crippen molar-refractivity contribution >= 4 is 23.2 Å². The Morgan fingerprint density at radius 1 is 1.04 bits per heavy atom. The lowest BCUT2D eigenvalue weighted by Gasteiger charge is -2.20. The van der Waals surface area contributed by atoms with Gasteiger partial charge in [0.05, 0.1) is 12.1 Å². The van der Waals surface area contributed by atoms with E-state index in [1.807, 2.05) is 32.0 Å². The zero-order valence-corrected chi connectivity index (χ0v) is 13.9. The van der Waals surface area contributed by atoms with Gasteiger partial charge in [0.15, 0.2) is 0 Å². The lowest BCUT2D eigenvalue weighted by Crippen LogP contribution is -2.35. The topological polar surface area (TPSA) is 49.4 Å². The number of imide groups is 1. The average molecular weight is 326 g/mol. The zero-order chi connectivity index (χ0) is 17.4. The fourth-order valence-corrected chi connectivity index (χ4v) is 3.02. The molecule has 1 fully saturated rings. The van der Waals surface area contributed by atoms with Gasteiger partial charge in [-0.25, -0.2) is 9.29 Å². The molecule has 24 heavy (non-hydrogen) atoms. The van der Waals surface area contributed by atoms with Crippen LogP contribution in [0.4, 0.5) is 15.8 Å². The van der Waals surface area contributed by atoms with Gasteiger partial charge >= 0.3 is 0 Å². The summed E-state index contributed by atoms with van der Waals surface area (Å²) in [6, 6.07) is 9.65. The van der Waals surface area contributed by atoms with Gasteiger partial charge in [-0.1, -0.05) is 24.3 Å². The molecule has 0 saturated carbocycles. The number of carbonyl (C=O) groups excluding carboxylic acids is 2.